The van der Waals surface area contributed by atoms with Crippen molar-refractivity contribution in [1.29, 1.82) is 0 Å². The van der Waals surface area contributed by atoms with Gasteiger partial charge in [-0.3, -0.25) is 14.4 Å². The SMILES string of the molecule is COc1ccc(C2C(C(=O)c3ccccc3)C(c3ccc(Cl)cc3)C(C(N)=O)N2C(=O)C2CC2)cc1. The molecule has 4 unspecified atom stereocenters. The quantitative estimate of drug-likeness (QED) is 0.471. The van der Waals surface area contributed by atoms with E-state index in [0.29, 0.717) is 16.3 Å². The molecule has 0 bridgehead atoms. The Morgan fingerprint density at radius 2 is 1.50 bits per heavy atom. The lowest BCUT2D eigenvalue weighted by Crippen LogP contribution is -2.47. The van der Waals surface area contributed by atoms with Crippen molar-refractivity contribution in [3.8, 4) is 5.75 Å². The largest absolute Gasteiger partial charge is 0.497 e. The van der Waals surface area contributed by atoms with E-state index in [4.69, 9.17) is 22.1 Å². The molecule has 36 heavy (non-hydrogen) atoms. The molecule has 2 fully saturated rings. The van der Waals surface area contributed by atoms with E-state index in [9.17, 15) is 14.4 Å². The standard InChI is InChI=1S/C29H27ClN2O4/c1-36-22-15-11-18(12-16-22)25-24(27(33)19-5-3-2-4-6-19)23(17-9-13-21(30)14-10-17)26(28(31)34)32(25)29(35)20-7-8-20/h2-6,9-16,20,23-26H,7-8H2,1H3,(H2,31,34). The molecule has 1 heterocycles. The van der Waals surface area contributed by atoms with Crippen LogP contribution in [0.25, 0.3) is 0 Å². The number of carbonyl (C=O) groups excluding carboxylic acids is 3. The average Bonchev–Trinajstić information content (AvgIpc) is 3.69. The molecule has 1 saturated carbocycles. The maximum absolute atomic E-state index is 14.2. The first-order valence-electron chi connectivity index (χ1n) is 12.0. The van der Waals surface area contributed by atoms with Gasteiger partial charge in [0.1, 0.15) is 11.8 Å². The number of amides is 2. The molecule has 2 aliphatic rings. The normalized spacial score (nSPS) is 23.3. The third-order valence-corrected chi connectivity index (χ3v) is 7.46. The number of hydrogen-bond donors (Lipinski definition) is 1. The van der Waals surface area contributed by atoms with Crippen LogP contribution in [-0.4, -0.2) is 35.6 Å². The number of carbonyl (C=O) groups is 3. The van der Waals surface area contributed by atoms with Gasteiger partial charge in [-0.25, -0.2) is 0 Å². The van der Waals surface area contributed by atoms with Gasteiger partial charge in [0, 0.05) is 22.4 Å². The summed E-state index contributed by atoms with van der Waals surface area (Å²) in [6.07, 6.45) is 1.53. The van der Waals surface area contributed by atoms with E-state index >= 15 is 0 Å². The van der Waals surface area contributed by atoms with E-state index in [2.05, 4.69) is 0 Å². The number of likely N-dealkylation sites (tertiary alicyclic amines) is 1. The van der Waals surface area contributed by atoms with Crippen LogP contribution >= 0.6 is 11.6 Å². The molecule has 3 aromatic carbocycles. The smallest absolute Gasteiger partial charge is 0.240 e. The third kappa shape index (κ3) is 4.37. The van der Waals surface area contributed by atoms with Gasteiger partial charge in [0.2, 0.25) is 11.8 Å². The topological polar surface area (TPSA) is 89.7 Å². The highest BCUT2D eigenvalue weighted by atomic mass is 35.5. The number of nitrogens with two attached hydrogens (primary N) is 1. The molecular weight excluding hydrogens is 476 g/mol. The summed E-state index contributed by atoms with van der Waals surface area (Å²) in [6, 6.07) is 21.7. The number of Topliss-reactive ketones (excluding diaryl/α,β-unsaturated/α-hetero) is 1. The molecule has 6 nitrogen and oxygen atoms in total. The van der Waals surface area contributed by atoms with E-state index in [-0.39, 0.29) is 17.6 Å². The van der Waals surface area contributed by atoms with Crippen LogP contribution in [0.5, 0.6) is 5.75 Å². The fourth-order valence-corrected chi connectivity index (χ4v) is 5.51. The van der Waals surface area contributed by atoms with Gasteiger partial charge in [0.05, 0.1) is 19.1 Å². The van der Waals surface area contributed by atoms with Crippen molar-refractivity contribution in [3.05, 3.63) is 101 Å². The fourth-order valence-electron chi connectivity index (χ4n) is 5.39. The summed E-state index contributed by atoms with van der Waals surface area (Å²) in [7, 11) is 1.58. The van der Waals surface area contributed by atoms with Crippen molar-refractivity contribution in [2.75, 3.05) is 7.11 Å². The van der Waals surface area contributed by atoms with Gasteiger partial charge in [-0.2, -0.15) is 0 Å². The van der Waals surface area contributed by atoms with E-state index in [1.165, 1.54) is 0 Å². The number of benzene rings is 3. The molecule has 5 rings (SSSR count). The lowest BCUT2D eigenvalue weighted by Gasteiger charge is -2.31. The van der Waals surface area contributed by atoms with E-state index in [0.717, 1.165) is 24.0 Å². The van der Waals surface area contributed by atoms with Gasteiger partial charge >= 0.3 is 0 Å². The second-order valence-corrected chi connectivity index (χ2v) is 9.85. The molecule has 1 aliphatic heterocycles. The average molecular weight is 503 g/mol. The maximum Gasteiger partial charge on any atom is 0.240 e. The number of hydrogen-bond acceptors (Lipinski definition) is 4. The van der Waals surface area contributed by atoms with Crippen LogP contribution in [0, 0.1) is 11.8 Å². The van der Waals surface area contributed by atoms with Crippen molar-refractivity contribution in [2.24, 2.45) is 17.6 Å². The predicted octanol–water partition coefficient (Wildman–Crippen LogP) is 4.78. The molecule has 4 atom stereocenters. The van der Waals surface area contributed by atoms with Crippen molar-refractivity contribution < 1.29 is 19.1 Å². The van der Waals surface area contributed by atoms with Crippen LogP contribution in [0.1, 0.15) is 46.3 Å². The van der Waals surface area contributed by atoms with Crippen LogP contribution in [0.4, 0.5) is 0 Å². The number of rotatable bonds is 7. The zero-order valence-corrected chi connectivity index (χ0v) is 20.6. The molecular formula is C29H27ClN2O4. The first kappa shape index (κ1) is 24.1. The van der Waals surface area contributed by atoms with E-state index in [1.807, 2.05) is 30.3 Å². The summed E-state index contributed by atoms with van der Waals surface area (Å²) in [5, 5.41) is 0.538. The van der Waals surface area contributed by atoms with Gasteiger partial charge in [0.25, 0.3) is 0 Å². The zero-order valence-electron chi connectivity index (χ0n) is 19.8. The van der Waals surface area contributed by atoms with Crippen LogP contribution in [-0.2, 0) is 9.59 Å². The number of methoxy groups -OCH3 is 1. The fraction of sp³-hybridized carbons (Fsp3) is 0.276. The van der Waals surface area contributed by atoms with Gasteiger partial charge in [-0.15, -0.1) is 0 Å². The van der Waals surface area contributed by atoms with Gasteiger partial charge in [0.15, 0.2) is 5.78 Å². The summed E-state index contributed by atoms with van der Waals surface area (Å²) < 4.78 is 5.32. The maximum atomic E-state index is 14.2. The first-order valence-corrected chi connectivity index (χ1v) is 12.4. The molecule has 0 aromatic heterocycles. The molecule has 2 amide bonds. The summed E-state index contributed by atoms with van der Waals surface area (Å²) >= 11 is 6.16. The number of ketones is 1. The summed E-state index contributed by atoms with van der Waals surface area (Å²) in [5.74, 6) is -1.79. The first-order chi connectivity index (χ1) is 17.4. The minimum absolute atomic E-state index is 0.137. The molecule has 3 aromatic rings. The lowest BCUT2D eigenvalue weighted by molar-refractivity contribution is -0.140. The van der Waals surface area contributed by atoms with Crippen LogP contribution < -0.4 is 10.5 Å². The summed E-state index contributed by atoms with van der Waals surface area (Å²) in [5.41, 5.74) is 8.01. The number of nitrogens with zero attached hydrogens (tertiary/aromatic N) is 1. The Labute approximate surface area is 215 Å². The third-order valence-electron chi connectivity index (χ3n) is 7.21. The second kappa shape index (κ2) is 9.78. The molecule has 0 radical (unpaired) electrons. The molecule has 2 N–H and O–H groups in total. The number of ether oxygens (including phenoxy) is 1. The minimum Gasteiger partial charge on any atom is -0.497 e. The van der Waals surface area contributed by atoms with Crippen LogP contribution in [0.3, 0.4) is 0 Å². The second-order valence-electron chi connectivity index (χ2n) is 9.42. The van der Waals surface area contributed by atoms with Crippen LogP contribution in [0.15, 0.2) is 78.9 Å². The summed E-state index contributed by atoms with van der Waals surface area (Å²) in [6.45, 7) is 0. The van der Waals surface area contributed by atoms with E-state index in [1.54, 1.807) is 60.5 Å². The van der Waals surface area contributed by atoms with Gasteiger partial charge in [-0.1, -0.05) is 66.2 Å². The molecule has 1 saturated heterocycles. The van der Waals surface area contributed by atoms with Crippen molar-refractivity contribution in [2.45, 2.75) is 30.8 Å². The molecule has 1 aliphatic carbocycles. The highest BCUT2D eigenvalue weighted by Gasteiger charge is 2.58. The highest BCUT2D eigenvalue weighted by molar-refractivity contribution is 6.30. The van der Waals surface area contributed by atoms with Crippen molar-refractivity contribution in [1.82, 2.24) is 4.90 Å². The molecule has 0 spiro atoms. The Balaban J connectivity index is 1.73. The van der Waals surface area contributed by atoms with Gasteiger partial charge in [-0.05, 0) is 48.2 Å². The highest BCUT2D eigenvalue weighted by Crippen LogP contribution is 2.53. The minimum atomic E-state index is -0.982. The Kier molecular flexibility index (Phi) is 6.54. The van der Waals surface area contributed by atoms with Crippen LogP contribution in [0.2, 0.25) is 5.02 Å². The number of primary amides is 1. The zero-order chi connectivity index (χ0) is 25.4. The predicted molar refractivity (Wildman–Crippen MR) is 137 cm³/mol. The lowest BCUT2D eigenvalue weighted by atomic mass is 9.76. The Hall–Kier alpha value is -3.64. The van der Waals surface area contributed by atoms with Gasteiger partial charge < -0.3 is 15.4 Å². The summed E-state index contributed by atoms with van der Waals surface area (Å²) in [4.78, 5) is 42.6. The van der Waals surface area contributed by atoms with Crippen molar-refractivity contribution >= 4 is 29.2 Å². The molecule has 7 heteroatoms. The van der Waals surface area contributed by atoms with E-state index < -0.39 is 29.8 Å². The Morgan fingerprint density at radius 1 is 0.889 bits per heavy atom. The Morgan fingerprint density at radius 3 is 2.06 bits per heavy atom. The van der Waals surface area contributed by atoms with Crippen molar-refractivity contribution in [3.63, 3.8) is 0 Å². The Bertz CT molecular complexity index is 1270. The number of halogens is 1. The monoisotopic (exact) mass is 502 g/mol. The molecule has 184 valence electrons.